The Morgan fingerprint density at radius 1 is 1.21 bits per heavy atom. The van der Waals surface area contributed by atoms with Gasteiger partial charge in [0.25, 0.3) is 0 Å². The lowest BCUT2D eigenvalue weighted by atomic mass is 9.91. The van der Waals surface area contributed by atoms with Crippen LogP contribution < -0.4 is 4.74 Å². The number of fused-ring (bicyclic) bond motifs is 1. The van der Waals surface area contributed by atoms with Crippen molar-refractivity contribution in [2.75, 3.05) is 33.8 Å². The van der Waals surface area contributed by atoms with Gasteiger partial charge < -0.3 is 14.5 Å². The Morgan fingerprint density at radius 2 is 2.04 bits per heavy atom. The first-order chi connectivity index (χ1) is 11.6. The summed E-state index contributed by atoms with van der Waals surface area (Å²) in [4.78, 5) is 18.6. The second-order valence-electron chi connectivity index (χ2n) is 6.37. The minimum Gasteiger partial charge on any atom is -0.493 e. The molecule has 2 heterocycles. The molecule has 0 aliphatic carbocycles. The molecule has 1 aliphatic rings. The maximum Gasteiger partial charge on any atom is 0.230 e. The summed E-state index contributed by atoms with van der Waals surface area (Å²) in [6.07, 6.45) is 0.749. The fourth-order valence-electron chi connectivity index (χ4n) is 3.00. The molecule has 0 unspecified atom stereocenters. The number of thiophene rings is 1. The fraction of sp³-hybridized carbons (Fsp3) is 0.421. The zero-order chi connectivity index (χ0) is 16.9. The van der Waals surface area contributed by atoms with Gasteiger partial charge in [-0.05, 0) is 38.0 Å². The zero-order valence-electron chi connectivity index (χ0n) is 14.3. The summed E-state index contributed by atoms with van der Waals surface area (Å²) < 4.78 is 5.71. The Bertz CT molecular complexity index is 670. The van der Waals surface area contributed by atoms with Crippen molar-refractivity contribution >= 4 is 17.2 Å². The second-order valence-corrected chi connectivity index (χ2v) is 7.40. The highest BCUT2D eigenvalue weighted by atomic mass is 32.1. The number of nitrogens with zero attached hydrogens (tertiary/aromatic N) is 2. The van der Waals surface area contributed by atoms with Gasteiger partial charge in [-0.2, -0.15) is 0 Å². The van der Waals surface area contributed by atoms with Crippen LogP contribution in [0.2, 0.25) is 0 Å². The summed E-state index contributed by atoms with van der Waals surface area (Å²) in [5.41, 5.74) is 1.02. The number of benzene rings is 1. The minimum atomic E-state index is -0.0999. The van der Waals surface area contributed by atoms with Crippen molar-refractivity contribution in [2.24, 2.45) is 0 Å². The number of amides is 1. The van der Waals surface area contributed by atoms with Gasteiger partial charge in [-0.15, -0.1) is 11.3 Å². The van der Waals surface area contributed by atoms with Gasteiger partial charge in [0.1, 0.15) is 5.75 Å². The molecule has 0 saturated carbocycles. The molecule has 1 aromatic heterocycles. The van der Waals surface area contributed by atoms with Crippen LogP contribution in [0.3, 0.4) is 0 Å². The number of hydrogen-bond donors (Lipinski definition) is 0. The van der Waals surface area contributed by atoms with Gasteiger partial charge in [0.15, 0.2) is 0 Å². The first-order valence-corrected chi connectivity index (χ1v) is 9.20. The SMILES string of the molecule is CN(C)CCN(Cc1cccs1)C(=O)[C@H]1CCOc2ccccc21. The molecular weight excluding hydrogens is 320 g/mol. The summed E-state index contributed by atoms with van der Waals surface area (Å²) in [5.74, 6) is 0.962. The second kappa shape index (κ2) is 7.81. The van der Waals surface area contributed by atoms with Crippen molar-refractivity contribution < 1.29 is 9.53 Å². The summed E-state index contributed by atoms with van der Waals surface area (Å²) in [7, 11) is 4.08. The molecule has 1 aromatic carbocycles. The Labute approximate surface area is 147 Å². The molecule has 0 radical (unpaired) electrons. The van der Waals surface area contributed by atoms with E-state index in [0.717, 1.165) is 30.8 Å². The van der Waals surface area contributed by atoms with Crippen LogP contribution in [0.15, 0.2) is 41.8 Å². The highest BCUT2D eigenvalue weighted by Crippen LogP contribution is 2.35. The molecule has 5 heteroatoms. The van der Waals surface area contributed by atoms with Crippen molar-refractivity contribution in [3.8, 4) is 5.75 Å². The average molecular weight is 344 g/mol. The van der Waals surface area contributed by atoms with Crippen molar-refractivity contribution in [2.45, 2.75) is 18.9 Å². The molecule has 1 amide bonds. The molecule has 1 atom stereocenters. The summed E-state index contributed by atoms with van der Waals surface area (Å²) in [6, 6.07) is 12.1. The van der Waals surface area contributed by atoms with Gasteiger partial charge in [-0.25, -0.2) is 0 Å². The third kappa shape index (κ3) is 3.97. The number of para-hydroxylation sites is 1. The number of rotatable bonds is 6. The first kappa shape index (κ1) is 17.0. The van der Waals surface area contributed by atoms with Crippen LogP contribution in [-0.2, 0) is 11.3 Å². The Hall–Kier alpha value is -1.85. The summed E-state index contributed by atoms with van der Waals surface area (Å²) in [6.45, 7) is 2.89. The summed E-state index contributed by atoms with van der Waals surface area (Å²) in [5, 5.41) is 2.06. The maximum atomic E-state index is 13.3. The third-order valence-electron chi connectivity index (χ3n) is 4.31. The Kier molecular flexibility index (Phi) is 5.53. The lowest BCUT2D eigenvalue weighted by molar-refractivity contribution is -0.134. The van der Waals surface area contributed by atoms with Crippen LogP contribution in [0, 0.1) is 0 Å². The topological polar surface area (TPSA) is 32.8 Å². The predicted octanol–water partition coefficient (Wildman–Crippen LogP) is 3.20. The zero-order valence-corrected chi connectivity index (χ0v) is 15.1. The number of likely N-dealkylation sites (N-methyl/N-ethyl adjacent to an activating group) is 1. The van der Waals surface area contributed by atoms with E-state index in [2.05, 4.69) is 16.3 Å². The molecule has 0 spiro atoms. The van der Waals surface area contributed by atoms with E-state index in [-0.39, 0.29) is 11.8 Å². The molecule has 4 nitrogen and oxygen atoms in total. The number of ether oxygens (including phenoxy) is 1. The molecular formula is C19H24N2O2S. The van der Waals surface area contributed by atoms with Crippen LogP contribution in [0.25, 0.3) is 0 Å². The van der Waals surface area contributed by atoms with Crippen molar-refractivity contribution in [1.82, 2.24) is 9.80 Å². The predicted molar refractivity (Wildman–Crippen MR) is 97.6 cm³/mol. The number of carbonyl (C=O) groups is 1. The third-order valence-corrected chi connectivity index (χ3v) is 5.17. The van der Waals surface area contributed by atoms with Crippen molar-refractivity contribution in [3.05, 3.63) is 52.2 Å². The van der Waals surface area contributed by atoms with Crippen LogP contribution in [0.1, 0.15) is 22.8 Å². The van der Waals surface area contributed by atoms with Gasteiger partial charge in [0.05, 0.1) is 19.1 Å². The van der Waals surface area contributed by atoms with Crippen LogP contribution in [-0.4, -0.2) is 49.5 Å². The van der Waals surface area contributed by atoms with Crippen LogP contribution >= 0.6 is 11.3 Å². The molecule has 3 rings (SSSR count). The van der Waals surface area contributed by atoms with E-state index in [9.17, 15) is 4.79 Å². The van der Waals surface area contributed by atoms with Gasteiger partial charge in [-0.1, -0.05) is 24.3 Å². The van der Waals surface area contributed by atoms with Crippen molar-refractivity contribution in [3.63, 3.8) is 0 Å². The highest BCUT2D eigenvalue weighted by molar-refractivity contribution is 7.09. The van der Waals surface area contributed by atoms with E-state index in [1.165, 1.54) is 4.88 Å². The molecule has 0 fully saturated rings. The molecule has 1 aliphatic heterocycles. The van der Waals surface area contributed by atoms with Gasteiger partial charge >= 0.3 is 0 Å². The van der Waals surface area contributed by atoms with E-state index in [1.54, 1.807) is 11.3 Å². The van der Waals surface area contributed by atoms with Gasteiger partial charge in [0, 0.05) is 23.5 Å². The minimum absolute atomic E-state index is 0.0999. The van der Waals surface area contributed by atoms with E-state index < -0.39 is 0 Å². The lowest BCUT2D eigenvalue weighted by Crippen LogP contribution is -2.40. The van der Waals surface area contributed by atoms with Gasteiger partial charge in [-0.3, -0.25) is 4.79 Å². The lowest BCUT2D eigenvalue weighted by Gasteiger charge is -2.31. The quantitative estimate of drug-likeness (QED) is 0.807. The average Bonchev–Trinajstić information content (AvgIpc) is 3.10. The molecule has 2 aromatic rings. The standard InChI is InChI=1S/C19H24N2O2S/c1-20(2)10-11-21(14-15-6-5-13-24-15)19(22)17-9-12-23-18-8-4-3-7-16(17)18/h3-8,13,17H,9-12,14H2,1-2H3/t17-/m0/s1. The summed E-state index contributed by atoms with van der Waals surface area (Å²) >= 11 is 1.70. The normalized spacial score (nSPS) is 16.5. The molecule has 128 valence electrons. The molecule has 0 bridgehead atoms. The molecule has 0 saturated heterocycles. The number of hydrogen-bond acceptors (Lipinski definition) is 4. The van der Waals surface area contributed by atoms with E-state index >= 15 is 0 Å². The van der Waals surface area contributed by atoms with E-state index in [4.69, 9.17) is 4.74 Å². The number of carbonyl (C=O) groups excluding carboxylic acids is 1. The Balaban J connectivity index is 1.80. The first-order valence-electron chi connectivity index (χ1n) is 8.33. The Morgan fingerprint density at radius 3 is 2.79 bits per heavy atom. The monoisotopic (exact) mass is 344 g/mol. The fourth-order valence-corrected chi connectivity index (χ4v) is 3.72. The van der Waals surface area contributed by atoms with Crippen LogP contribution in [0.5, 0.6) is 5.75 Å². The van der Waals surface area contributed by atoms with Crippen molar-refractivity contribution in [1.29, 1.82) is 0 Å². The highest BCUT2D eigenvalue weighted by Gasteiger charge is 2.31. The smallest absolute Gasteiger partial charge is 0.230 e. The molecule has 0 N–H and O–H groups in total. The largest absolute Gasteiger partial charge is 0.493 e. The molecule has 24 heavy (non-hydrogen) atoms. The maximum absolute atomic E-state index is 13.3. The van der Waals surface area contributed by atoms with E-state index in [0.29, 0.717) is 13.2 Å². The van der Waals surface area contributed by atoms with Crippen LogP contribution in [0.4, 0.5) is 0 Å². The van der Waals surface area contributed by atoms with Gasteiger partial charge in [0.2, 0.25) is 5.91 Å². The van der Waals surface area contributed by atoms with E-state index in [1.807, 2.05) is 49.3 Å².